The molecule has 0 nitrogen and oxygen atoms in total. The maximum atomic E-state index is 2.23. The van der Waals surface area contributed by atoms with Gasteiger partial charge < -0.3 is 0 Å². The summed E-state index contributed by atoms with van der Waals surface area (Å²) in [6.07, 6.45) is 2.40. The second-order valence-electron chi connectivity index (χ2n) is 3.39. The molecule has 14 heavy (non-hydrogen) atoms. The van der Waals surface area contributed by atoms with Crippen LogP contribution in [0, 0.1) is 0 Å². The summed E-state index contributed by atoms with van der Waals surface area (Å²) >= 11 is 0. The van der Waals surface area contributed by atoms with Gasteiger partial charge in [0.1, 0.15) is 0 Å². The van der Waals surface area contributed by atoms with E-state index in [1.807, 2.05) is 0 Å². The van der Waals surface area contributed by atoms with Gasteiger partial charge in [-0.05, 0) is 22.8 Å². The van der Waals surface area contributed by atoms with Crippen molar-refractivity contribution in [3.05, 3.63) is 48.0 Å². The van der Waals surface area contributed by atoms with Crippen molar-refractivity contribution in [1.29, 1.82) is 0 Å². The van der Waals surface area contributed by atoms with Gasteiger partial charge in [0.05, 0.1) is 0 Å². The first kappa shape index (κ1) is 11.8. The molecule has 0 aliphatic heterocycles. The second-order valence-corrected chi connectivity index (χ2v) is 3.39. The molecule has 0 spiro atoms. The molecule has 0 unspecified atom stereocenters. The van der Waals surface area contributed by atoms with Crippen LogP contribution in [0.3, 0.4) is 0 Å². The number of hydrogen-bond acceptors (Lipinski definition) is 0. The van der Waals surface area contributed by atoms with Crippen LogP contribution in [0.1, 0.15) is 18.9 Å². The first-order valence-electron chi connectivity index (χ1n) is 4.88. The molecular weight excluding hydrogens is 179 g/mol. The molecule has 2 aromatic rings. The van der Waals surface area contributed by atoms with Crippen molar-refractivity contribution < 1.29 is 0 Å². The van der Waals surface area contributed by atoms with Crippen LogP contribution in [-0.2, 0) is 6.42 Å². The van der Waals surface area contributed by atoms with Crippen LogP contribution in [0.4, 0.5) is 0 Å². The van der Waals surface area contributed by atoms with Crippen molar-refractivity contribution in [2.75, 3.05) is 0 Å². The van der Waals surface area contributed by atoms with E-state index < -0.39 is 0 Å². The van der Waals surface area contributed by atoms with E-state index in [-0.39, 0.29) is 29.6 Å². The molecule has 1 radical (unpaired) electrons. The smallest absolute Gasteiger partial charge is 0 e. The molecule has 0 aliphatic carbocycles. The predicted molar refractivity (Wildman–Crippen MR) is 63.7 cm³/mol. The Morgan fingerprint density at radius 1 is 0.929 bits per heavy atom. The summed E-state index contributed by atoms with van der Waals surface area (Å²) in [5, 5.41) is 2.76. The Balaban J connectivity index is 0.000000980. The second kappa shape index (κ2) is 5.55. The molecule has 67 valence electrons. The summed E-state index contributed by atoms with van der Waals surface area (Å²) in [7, 11) is 0. The first-order chi connectivity index (χ1) is 6.42. The zero-order chi connectivity index (χ0) is 9.10. The Morgan fingerprint density at radius 2 is 1.64 bits per heavy atom. The topological polar surface area (TPSA) is 0 Å². The summed E-state index contributed by atoms with van der Waals surface area (Å²) in [5.74, 6) is 0. The minimum Gasteiger partial charge on any atom is -0.0651 e. The van der Waals surface area contributed by atoms with Crippen molar-refractivity contribution in [3.63, 3.8) is 0 Å². The zero-order valence-electron chi connectivity index (χ0n) is 8.96. The normalized spacial score (nSPS) is 9.79. The Labute approximate surface area is 108 Å². The molecule has 0 fully saturated rings. The molecule has 0 N–H and O–H groups in total. The predicted octanol–water partition coefficient (Wildman–Crippen LogP) is 3.41. The fourth-order valence-corrected chi connectivity index (χ4v) is 1.78. The molecule has 2 aromatic carbocycles. The van der Waals surface area contributed by atoms with Gasteiger partial charge in [0, 0.05) is 29.6 Å². The average Bonchev–Trinajstić information content (AvgIpc) is 2.19. The molecule has 1 heteroatoms. The van der Waals surface area contributed by atoms with Gasteiger partial charge in [0.2, 0.25) is 0 Å². The van der Waals surface area contributed by atoms with Crippen LogP contribution in [-0.4, -0.2) is 29.6 Å². The summed E-state index contributed by atoms with van der Waals surface area (Å²) in [6, 6.07) is 15.1. The number of rotatable bonds is 2. The monoisotopic (exact) mass is 193 g/mol. The molecule has 0 saturated heterocycles. The van der Waals surface area contributed by atoms with Crippen LogP contribution in [0.2, 0.25) is 0 Å². The van der Waals surface area contributed by atoms with E-state index in [0.29, 0.717) is 0 Å². The molecule has 0 amide bonds. The van der Waals surface area contributed by atoms with Gasteiger partial charge in [-0.2, -0.15) is 0 Å². The van der Waals surface area contributed by atoms with Gasteiger partial charge in [0.15, 0.2) is 0 Å². The Kier molecular flexibility index (Phi) is 4.67. The minimum atomic E-state index is 0. The Bertz CT molecular complexity index is 401. The van der Waals surface area contributed by atoms with Crippen LogP contribution >= 0.6 is 0 Å². The summed E-state index contributed by atoms with van der Waals surface area (Å²) in [6.45, 7) is 2.22. The minimum absolute atomic E-state index is 0. The first-order valence-corrected chi connectivity index (χ1v) is 4.88. The van der Waals surface area contributed by atoms with Crippen LogP contribution < -0.4 is 0 Å². The van der Waals surface area contributed by atoms with Crippen molar-refractivity contribution in [2.24, 2.45) is 0 Å². The number of benzene rings is 2. The molecule has 2 rings (SSSR count). The summed E-state index contributed by atoms with van der Waals surface area (Å²) in [4.78, 5) is 0. The Morgan fingerprint density at radius 3 is 2.43 bits per heavy atom. The summed E-state index contributed by atoms with van der Waals surface area (Å²) < 4.78 is 0. The SMILES string of the molecule is CCCc1cccc2ccccc12.[Na]. The molecular formula is C13H14Na. The van der Waals surface area contributed by atoms with Crippen molar-refractivity contribution >= 4 is 40.3 Å². The number of fused-ring (bicyclic) bond motifs is 1. The Hall–Kier alpha value is -0.300. The molecule has 0 saturated carbocycles. The number of aryl methyl sites for hydroxylation is 1. The van der Waals surface area contributed by atoms with Gasteiger partial charge in [-0.15, -0.1) is 0 Å². The third kappa shape index (κ3) is 2.38. The standard InChI is InChI=1S/C13H14.Na/c1-2-6-11-8-5-9-12-7-3-4-10-13(11)12;/h3-5,7-10H,2,6H2,1H3;. The van der Waals surface area contributed by atoms with Gasteiger partial charge in [0.25, 0.3) is 0 Å². The van der Waals surface area contributed by atoms with Crippen molar-refractivity contribution in [3.8, 4) is 0 Å². The maximum absolute atomic E-state index is 2.23. The number of hydrogen-bond donors (Lipinski definition) is 0. The van der Waals surface area contributed by atoms with Crippen LogP contribution in [0.15, 0.2) is 42.5 Å². The fourth-order valence-electron chi connectivity index (χ4n) is 1.78. The fraction of sp³-hybridized carbons (Fsp3) is 0.231. The van der Waals surface area contributed by atoms with E-state index in [1.165, 1.54) is 29.2 Å². The molecule has 0 aliphatic rings. The maximum Gasteiger partial charge on any atom is 0 e. The van der Waals surface area contributed by atoms with Gasteiger partial charge in [-0.1, -0.05) is 55.8 Å². The third-order valence-electron chi connectivity index (χ3n) is 2.40. The van der Waals surface area contributed by atoms with Crippen LogP contribution in [0.25, 0.3) is 10.8 Å². The van der Waals surface area contributed by atoms with Crippen LogP contribution in [0.5, 0.6) is 0 Å². The molecule has 0 atom stereocenters. The van der Waals surface area contributed by atoms with Crippen molar-refractivity contribution in [1.82, 2.24) is 0 Å². The quantitative estimate of drug-likeness (QED) is 0.641. The summed E-state index contributed by atoms with van der Waals surface area (Å²) in [5.41, 5.74) is 1.47. The van der Waals surface area contributed by atoms with Gasteiger partial charge in [-0.3, -0.25) is 0 Å². The van der Waals surface area contributed by atoms with Crippen molar-refractivity contribution in [2.45, 2.75) is 19.8 Å². The van der Waals surface area contributed by atoms with E-state index in [0.717, 1.165) is 0 Å². The van der Waals surface area contributed by atoms with Gasteiger partial charge >= 0.3 is 0 Å². The van der Waals surface area contributed by atoms with E-state index >= 15 is 0 Å². The molecule has 0 heterocycles. The zero-order valence-corrected chi connectivity index (χ0v) is 11.0. The van der Waals surface area contributed by atoms with Gasteiger partial charge in [-0.25, -0.2) is 0 Å². The third-order valence-corrected chi connectivity index (χ3v) is 2.40. The molecule has 0 bridgehead atoms. The largest absolute Gasteiger partial charge is 0.0651 e. The van der Waals surface area contributed by atoms with E-state index in [2.05, 4.69) is 49.4 Å². The van der Waals surface area contributed by atoms with E-state index in [4.69, 9.17) is 0 Å². The van der Waals surface area contributed by atoms with E-state index in [9.17, 15) is 0 Å². The van der Waals surface area contributed by atoms with E-state index in [1.54, 1.807) is 0 Å². The average molecular weight is 193 g/mol. The molecule has 0 aromatic heterocycles.